The molecule has 2 nitrogen and oxygen atoms in total. The maximum atomic E-state index is 5.37. The molecule has 90 valence electrons. The Labute approximate surface area is 99.0 Å². The molecule has 0 fully saturated rings. The van der Waals surface area contributed by atoms with Crippen molar-refractivity contribution in [3.8, 4) is 0 Å². The molecule has 0 amide bonds. The third-order valence-corrected chi connectivity index (χ3v) is 2.48. The molecule has 0 aliphatic carbocycles. The van der Waals surface area contributed by atoms with Crippen LogP contribution in [0.5, 0.6) is 0 Å². The van der Waals surface area contributed by atoms with Gasteiger partial charge < -0.3 is 10.1 Å². The molecule has 0 saturated carbocycles. The van der Waals surface area contributed by atoms with Crippen molar-refractivity contribution in [2.75, 3.05) is 18.5 Å². The van der Waals surface area contributed by atoms with Crippen molar-refractivity contribution >= 4 is 5.69 Å². The Morgan fingerprint density at radius 1 is 1.19 bits per heavy atom. The normalized spacial score (nSPS) is 12.4. The van der Waals surface area contributed by atoms with Crippen LogP contribution >= 0.6 is 0 Å². The maximum Gasteiger partial charge on any atom is 0.0664 e. The second kappa shape index (κ2) is 7.29. The maximum absolute atomic E-state index is 5.37. The first-order chi connectivity index (χ1) is 7.76. The number of benzene rings is 1. The Hall–Kier alpha value is -1.02. The van der Waals surface area contributed by atoms with Crippen LogP contribution in [-0.2, 0) is 11.2 Å². The van der Waals surface area contributed by atoms with Gasteiger partial charge in [0.1, 0.15) is 0 Å². The summed E-state index contributed by atoms with van der Waals surface area (Å²) >= 11 is 0. The Bertz CT molecular complexity index is 281. The Balaban J connectivity index is 2.41. The van der Waals surface area contributed by atoms with Crippen molar-refractivity contribution in [2.24, 2.45) is 0 Å². The lowest BCUT2D eigenvalue weighted by molar-refractivity contribution is 0.141. The zero-order valence-electron chi connectivity index (χ0n) is 10.6. The molecule has 0 radical (unpaired) electrons. The lowest BCUT2D eigenvalue weighted by atomic mass is 10.1. The fraction of sp³-hybridized carbons (Fsp3) is 0.571. The van der Waals surface area contributed by atoms with E-state index in [1.165, 1.54) is 17.7 Å². The second-order valence-corrected chi connectivity index (χ2v) is 4.15. The minimum absolute atomic E-state index is 0.358. The first-order valence-electron chi connectivity index (χ1n) is 6.19. The van der Waals surface area contributed by atoms with Gasteiger partial charge in [-0.05, 0) is 38.0 Å². The van der Waals surface area contributed by atoms with Crippen LogP contribution < -0.4 is 5.32 Å². The number of ether oxygens (including phenoxy) is 1. The zero-order valence-corrected chi connectivity index (χ0v) is 10.6. The average molecular weight is 221 g/mol. The van der Waals surface area contributed by atoms with E-state index in [-0.39, 0.29) is 0 Å². The number of hydrogen-bond acceptors (Lipinski definition) is 2. The number of anilines is 1. The quantitative estimate of drug-likeness (QED) is 0.761. The van der Waals surface area contributed by atoms with Crippen molar-refractivity contribution in [3.63, 3.8) is 0 Å². The number of nitrogens with one attached hydrogen (secondary N) is 1. The third-order valence-electron chi connectivity index (χ3n) is 2.48. The average Bonchev–Trinajstić information content (AvgIpc) is 2.29. The predicted molar refractivity (Wildman–Crippen MR) is 70.0 cm³/mol. The van der Waals surface area contributed by atoms with E-state index in [1.54, 1.807) is 0 Å². The first-order valence-corrected chi connectivity index (χ1v) is 6.19. The van der Waals surface area contributed by atoms with Gasteiger partial charge in [-0.3, -0.25) is 0 Å². The summed E-state index contributed by atoms with van der Waals surface area (Å²) in [5.74, 6) is 0. The molecular formula is C14H23NO. The molecule has 1 atom stereocenters. The fourth-order valence-corrected chi connectivity index (χ4v) is 1.68. The van der Waals surface area contributed by atoms with Crippen molar-refractivity contribution in [2.45, 2.75) is 39.7 Å². The van der Waals surface area contributed by atoms with E-state index in [2.05, 4.69) is 43.4 Å². The van der Waals surface area contributed by atoms with Gasteiger partial charge >= 0.3 is 0 Å². The van der Waals surface area contributed by atoms with E-state index < -0.39 is 0 Å². The molecule has 0 bridgehead atoms. The Morgan fingerprint density at radius 3 is 2.44 bits per heavy atom. The molecule has 1 unspecified atom stereocenters. The molecule has 1 aromatic carbocycles. The van der Waals surface area contributed by atoms with Crippen molar-refractivity contribution in [1.82, 2.24) is 0 Å². The highest BCUT2D eigenvalue weighted by molar-refractivity contribution is 5.45. The van der Waals surface area contributed by atoms with E-state index in [1.807, 2.05) is 6.92 Å². The summed E-state index contributed by atoms with van der Waals surface area (Å²) in [6.45, 7) is 7.90. The topological polar surface area (TPSA) is 21.3 Å². The van der Waals surface area contributed by atoms with Crippen LogP contribution in [0.15, 0.2) is 24.3 Å². The smallest absolute Gasteiger partial charge is 0.0664 e. The SMILES string of the molecule is CCCc1ccc(NC(C)COCC)cc1. The van der Waals surface area contributed by atoms with Gasteiger partial charge in [0.15, 0.2) is 0 Å². The summed E-state index contributed by atoms with van der Waals surface area (Å²) in [5, 5.41) is 3.42. The standard InChI is InChI=1S/C14H23NO/c1-4-6-13-7-9-14(10-8-13)15-12(3)11-16-5-2/h7-10,12,15H,4-6,11H2,1-3H3. The summed E-state index contributed by atoms with van der Waals surface area (Å²) in [6.07, 6.45) is 2.36. The summed E-state index contributed by atoms with van der Waals surface area (Å²) < 4.78 is 5.37. The summed E-state index contributed by atoms with van der Waals surface area (Å²) in [5.41, 5.74) is 2.58. The van der Waals surface area contributed by atoms with Crippen LogP contribution in [0.3, 0.4) is 0 Å². The highest BCUT2D eigenvalue weighted by atomic mass is 16.5. The molecule has 0 aromatic heterocycles. The highest BCUT2D eigenvalue weighted by Crippen LogP contribution is 2.12. The molecule has 1 aromatic rings. The van der Waals surface area contributed by atoms with Gasteiger partial charge in [-0.2, -0.15) is 0 Å². The lowest BCUT2D eigenvalue weighted by Crippen LogP contribution is -2.21. The fourth-order valence-electron chi connectivity index (χ4n) is 1.68. The third kappa shape index (κ3) is 4.67. The van der Waals surface area contributed by atoms with E-state index >= 15 is 0 Å². The van der Waals surface area contributed by atoms with E-state index in [0.29, 0.717) is 6.04 Å². The van der Waals surface area contributed by atoms with Crippen molar-refractivity contribution in [1.29, 1.82) is 0 Å². The molecule has 0 aliphatic heterocycles. The summed E-state index contributed by atoms with van der Waals surface area (Å²) in [6, 6.07) is 9.04. The molecule has 1 N–H and O–H groups in total. The summed E-state index contributed by atoms with van der Waals surface area (Å²) in [7, 11) is 0. The molecule has 16 heavy (non-hydrogen) atoms. The molecule has 0 spiro atoms. The van der Waals surface area contributed by atoms with Gasteiger partial charge in [0.05, 0.1) is 6.61 Å². The molecular weight excluding hydrogens is 198 g/mol. The minimum atomic E-state index is 0.358. The van der Waals surface area contributed by atoms with Crippen molar-refractivity contribution in [3.05, 3.63) is 29.8 Å². The van der Waals surface area contributed by atoms with Gasteiger partial charge in [-0.15, -0.1) is 0 Å². The first kappa shape index (κ1) is 13.0. The molecule has 0 aliphatic rings. The van der Waals surface area contributed by atoms with E-state index in [4.69, 9.17) is 4.74 Å². The highest BCUT2D eigenvalue weighted by Gasteiger charge is 2.01. The molecule has 2 heteroatoms. The van der Waals surface area contributed by atoms with Crippen LogP contribution in [0, 0.1) is 0 Å². The van der Waals surface area contributed by atoms with Gasteiger partial charge in [0.2, 0.25) is 0 Å². The van der Waals surface area contributed by atoms with Crippen LogP contribution in [0.1, 0.15) is 32.8 Å². The predicted octanol–water partition coefficient (Wildman–Crippen LogP) is 3.48. The monoisotopic (exact) mass is 221 g/mol. The van der Waals surface area contributed by atoms with Crippen LogP contribution in [0.4, 0.5) is 5.69 Å². The van der Waals surface area contributed by atoms with Gasteiger partial charge in [-0.1, -0.05) is 25.5 Å². The molecule has 0 heterocycles. The van der Waals surface area contributed by atoms with Gasteiger partial charge in [0, 0.05) is 18.3 Å². The van der Waals surface area contributed by atoms with Crippen molar-refractivity contribution < 1.29 is 4.74 Å². The molecule has 0 saturated heterocycles. The minimum Gasteiger partial charge on any atom is -0.380 e. The largest absolute Gasteiger partial charge is 0.380 e. The second-order valence-electron chi connectivity index (χ2n) is 4.15. The Morgan fingerprint density at radius 2 is 1.88 bits per heavy atom. The van der Waals surface area contributed by atoms with E-state index in [0.717, 1.165) is 19.6 Å². The molecule has 1 rings (SSSR count). The van der Waals surface area contributed by atoms with E-state index in [9.17, 15) is 0 Å². The number of rotatable bonds is 7. The van der Waals surface area contributed by atoms with Gasteiger partial charge in [0.25, 0.3) is 0 Å². The van der Waals surface area contributed by atoms with Crippen LogP contribution in [0.25, 0.3) is 0 Å². The summed E-state index contributed by atoms with van der Waals surface area (Å²) in [4.78, 5) is 0. The number of hydrogen-bond donors (Lipinski definition) is 1. The van der Waals surface area contributed by atoms with Crippen LogP contribution in [0.2, 0.25) is 0 Å². The van der Waals surface area contributed by atoms with Gasteiger partial charge in [-0.25, -0.2) is 0 Å². The number of aryl methyl sites for hydroxylation is 1. The Kier molecular flexibility index (Phi) is 5.94. The zero-order chi connectivity index (χ0) is 11.8. The van der Waals surface area contributed by atoms with Crippen LogP contribution in [-0.4, -0.2) is 19.3 Å². The lowest BCUT2D eigenvalue weighted by Gasteiger charge is -2.15.